The van der Waals surface area contributed by atoms with E-state index in [2.05, 4.69) is 5.32 Å². The second-order valence-electron chi connectivity index (χ2n) is 6.44. The number of likely N-dealkylation sites (tertiary alicyclic amines) is 1. The number of esters is 1. The average molecular weight is 440 g/mol. The number of benzene rings is 2. The summed E-state index contributed by atoms with van der Waals surface area (Å²) in [4.78, 5) is 38.8. The van der Waals surface area contributed by atoms with E-state index in [9.17, 15) is 14.4 Å². The van der Waals surface area contributed by atoms with E-state index < -0.39 is 24.1 Å². The third-order valence-corrected chi connectivity index (χ3v) is 5.78. The Morgan fingerprint density at radius 2 is 1.79 bits per heavy atom. The number of amides is 2. The van der Waals surface area contributed by atoms with Crippen molar-refractivity contribution in [2.24, 2.45) is 0 Å². The smallest absolute Gasteiger partial charge is 0.340 e. The Balaban J connectivity index is 1.61. The average Bonchev–Trinajstić information content (AvgIpc) is 3.20. The summed E-state index contributed by atoms with van der Waals surface area (Å²) in [6.07, 6.45) is -0.470. The molecule has 28 heavy (non-hydrogen) atoms. The molecule has 6 nitrogen and oxygen atoms in total. The number of anilines is 1. The van der Waals surface area contributed by atoms with Gasteiger partial charge in [-0.15, -0.1) is 0 Å². The number of hydrogen-bond acceptors (Lipinski definition) is 4. The molecule has 9 heteroatoms. The molecule has 2 aromatic rings. The highest BCUT2D eigenvalue weighted by molar-refractivity contribution is 6.44. The van der Waals surface area contributed by atoms with Gasteiger partial charge in [0.25, 0.3) is 0 Å². The van der Waals surface area contributed by atoms with E-state index in [4.69, 9.17) is 39.5 Å². The minimum absolute atomic E-state index is 0.170. The van der Waals surface area contributed by atoms with Crippen molar-refractivity contribution in [2.75, 3.05) is 5.32 Å². The maximum Gasteiger partial charge on any atom is 0.340 e. The Labute approximate surface area is 175 Å². The molecule has 4 rings (SSSR count). The lowest BCUT2D eigenvalue weighted by Gasteiger charge is -2.29. The first-order valence-electron chi connectivity index (χ1n) is 8.43. The van der Waals surface area contributed by atoms with Gasteiger partial charge >= 0.3 is 5.97 Å². The first kappa shape index (κ1) is 19.1. The fraction of sp³-hybridized carbons (Fsp3) is 0.211. The van der Waals surface area contributed by atoms with Gasteiger partial charge in [-0.3, -0.25) is 14.5 Å². The molecule has 2 aliphatic heterocycles. The lowest BCUT2D eigenvalue weighted by atomic mass is 10.1. The molecule has 2 aliphatic rings. The van der Waals surface area contributed by atoms with Gasteiger partial charge in [-0.05, 0) is 24.6 Å². The van der Waals surface area contributed by atoms with Gasteiger partial charge in [0.2, 0.25) is 18.0 Å². The van der Waals surface area contributed by atoms with Gasteiger partial charge in [0.1, 0.15) is 6.04 Å². The zero-order chi connectivity index (χ0) is 20.0. The SMILES string of the molecule is O=C1O[C@H](N2C(=O)CC[C@H]2C(=O)Nc2cc(Cl)c(Cl)cc2Cl)c2ccccc21. The Bertz CT molecular complexity index is 1010. The van der Waals surface area contributed by atoms with Crippen LogP contribution in [-0.2, 0) is 14.3 Å². The molecule has 2 aromatic carbocycles. The minimum Gasteiger partial charge on any atom is -0.433 e. The number of rotatable bonds is 3. The second kappa shape index (κ2) is 7.28. The van der Waals surface area contributed by atoms with Crippen molar-refractivity contribution in [2.45, 2.75) is 25.1 Å². The molecule has 0 unspecified atom stereocenters. The second-order valence-corrected chi connectivity index (χ2v) is 7.66. The number of nitrogens with zero attached hydrogens (tertiary/aromatic N) is 1. The van der Waals surface area contributed by atoms with Crippen molar-refractivity contribution in [1.29, 1.82) is 0 Å². The van der Waals surface area contributed by atoms with E-state index in [0.717, 1.165) is 0 Å². The summed E-state index contributed by atoms with van der Waals surface area (Å²) in [6.45, 7) is 0. The highest BCUT2D eigenvalue weighted by Crippen LogP contribution is 2.39. The fourth-order valence-electron chi connectivity index (χ4n) is 3.42. The first-order valence-corrected chi connectivity index (χ1v) is 9.56. The third kappa shape index (κ3) is 3.21. The van der Waals surface area contributed by atoms with Crippen molar-refractivity contribution >= 4 is 58.3 Å². The van der Waals surface area contributed by atoms with Crippen molar-refractivity contribution in [3.8, 4) is 0 Å². The highest BCUT2D eigenvalue weighted by atomic mass is 35.5. The van der Waals surface area contributed by atoms with Crippen LogP contribution in [0.3, 0.4) is 0 Å². The maximum absolute atomic E-state index is 12.9. The minimum atomic E-state index is -0.932. The molecular formula is C19H13Cl3N2O4. The highest BCUT2D eigenvalue weighted by Gasteiger charge is 2.46. The summed E-state index contributed by atoms with van der Waals surface area (Å²) in [7, 11) is 0. The predicted molar refractivity (Wildman–Crippen MR) is 105 cm³/mol. The first-order chi connectivity index (χ1) is 13.4. The number of hydrogen-bond donors (Lipinski definition) is 1. The van der Waals surface area contributed by atoms with Gasteiger partial charge in [0, 0.05) is 12.0 Å². The molecule has 0 aromatic heterocycles. The summed E-state index contributed by atoms with van der Waals surface area (Å²) < 4.78 is 5.40. The Morgan fingerprint density at radius 3 is 2.57 bits per heavy atom. The molecule has 0 saturated carbocycles. The van der Waals surface area contributed by atoms with Crippen LogP contribution in [0.25, 0.3) is 0 Å². The Kier molecular flexibility index (Phi) is 4.95. The monoisotopic (exact) mass is 438 g/mol. The van der Waals surface area contributed by atoms with Crippen molar-refractivity contribution in [1.82, 2.24) is 4.90 Å². The quantitative estimate of drug-likeness (QED) is 0.566. The number of cyclic esters (lactones) is 1. The van der Waals surface area contributed by atoms with Gasteiger partial charge in [0.05, 0.1) is 26.3 Å². The number of carbonyl (C=O) groups excluding carboxylic acids is 3. The molecule has 1 N–H and O–H groups in total. The largest absolute Gasteiger partial charge is 0.433 e. The van der Waals surface area contributed by atoms with Crippen LogP contribution in [0.1, 0.15) is 35.0 Å². The van der Waals surface area contributed by atoms with Crippen molar-refractivity contribution < 1.29 is 19.1 Å². The number of halogens is 3. The fourth-order valence-corrected chi connectivity index (χ4v) is 4.02. The lowest BCUT2D eigenvalue weighted by Crippen LogP contribution is -2.43. The molecule has 1 saturated heterocycles. The molecule has 2 heterocycles. The van der Waals surface area contributed by atoms with E-state index in [-0.39, 0.29) is 33.1 Å². The lowest BCUT2D eigenvalue weighted by molar-refractivity contribution is -0.144. The van der Waals surface area contributed by atoms with E-state index in [0.29, 0.717) is 17.5 Å². The molecule has 0 bridgehead atoms. The van der Waals surface area contributed by atoms with Crippen LogP contribution in [0.5, 0.6) is 0 Å². The summed E-state index contributed by atoms with van der Waals surface area (Å²) in [5.41, 5.74) is 1.23. The number of fused-ring (bicyclic) bond motifs is 1. The molecule has 144 valence electrons. The number of nitrogens with one attached hydrogen (secondary N) is 1. The summed E-state index contributed by atoms with van der Waals surface area (Å²) >= 11 is 18.0. The number of ether oxygens (including phenoxy) is 1. The van der Waals surface area contributed by atoms with Gasteiger partial charge in [0.15, 0.2) is 0 Å². The standard InChI is InChI=1S/C19H13Cl3N2O4/c20-11-7-13(22)14(8-12(11)21)23-17(26)15-5-6-16(25)24(15)18-9-3-1-2-4-10(9)19(27)28-18/h1-4,7-8,15,18H,5-6H2,(H,23,26)/t15-,18-/m0/s1. The van der Waals surface area contributed by atoms with Crippen LogP contribution in [0.15, 0.2) is 36.4 Å². The normalized spacial score (nSPS) is 20.9. The van der Waals surface area contributed by atoms with Crippen LogP contribution in [0.2, 0.25) is 15.1 Å². The van der Waals surface area contributed by atoms with Gasteiger partial charge in [-0.25, -0.2) is 4.79 Å². The van der Waals surface area contributed by atoms with Crippen molar-refractivity contribution in [3.63, 3.8) is 0 Å². The molecule has 2 amide bonds. The van der Waals surface area contributed by atoms with Crippen LogP contribution >= 0.6 is 34.8 Å². The van der Waals surface area contributed by atoms with Gasteiger partial charge < -0.3 is 10.1 Å². The van der Waals surface area contributed by atoms with E-state index >= 15 is 0 Å². The van der Waals surface area contributed by atoms with Crippen LogP contribution < -0.4 is 5.32 Å². The molecule has 0 radical (unpaired) electrons. The number of carbonyl (C=O) groups is 3. The van der Waals surface area contributed by atoms with Crippen LogP contribution in [0, 0.1) is 0 Å². The van der Waals surface area contributed by atoms with Gasteiger partial charge in [-0.2, -0.15) is 0 Å². The van der Waals surface area contributed by atoms with E-state index in [1.54, 1.807) is 24.3 Å². The maximum atomic E-state index is 12.9. The Morgan fingerprint density at radius 1 is 1.07 bits per heavy atom. The molecule has 1 fully saturated rings. The molecular weight excluding hydrogens is 427 g/mol. The summed E-state index contributed by atoms with van der Waals surface area (Å²) in [6, 6.07) is 8.85. The van der Waals surface area contributed by atoms with Crippen molar-refractivity contribution in [3.05, 3.63) is 62.6 Å². The molecule has 2 atom stereocenters. The summed E-state index contributed by atoms with van der Waals surface area (Å²) in [5.74, 6) is -1.24. The topological polar surface area (TPSA) is 75.7 Å². The zero-order valence-corrected chi connectivity index (χ0v) is 16.5. The third-order valence-electron chi connectivity index (χ3n) is 4.74. The van der Waals surface area contributed by atoms with Crippen LogP contribution in [-0.4, -0.2) is 28.7 Å². The van der Waals surface area contributed by atoms with E-state index in [1.165, 1.54) is 17.0 Å². The Hall–Kier alpha value is -2.28. The van der Waals surface area contributed by atoms with E-state index in [1.807, 2.05) is 0 Å². The van der Waals surface area contributed by atoms with Gasteiger partial charge in [-0.1, -0.05) is 53.0 Å². The molecule has 0 aliphatic carbocycles. The summed E-state index contributed by atoms with van der Waals surface area (Å²) in [5, 5.41) is 3.40. The van der Waals surface area contributed by atoms with Crippen LogP contribution in [0.4, 0.5) is 5.69 Å². The predicted octanol–water partition coefficient (Wildman–Crippen LogP) is 4.45. The molecule has 0 spiro atoms. The zero-order valence-electron chi connectivity index (χ0n) is 14.2.